The summed E-state index contributed by atoms with van der Waals surface area (Å²) in [6.45, 7) is 0.640. The summed E-state index contributed by atoms with van der Waals surface area (Å²) in [6, 6.07) is 8.33. The fourth-order valence-electron chi connectivity index (χ4n) is 2.94. The number of anilines is 1. The number of nitrogens with zero attached hydrogens (tertiary/aromatic N) is 2. The smallest absolute Gasteiger partial charge is 0.223 e. The van der Waals surface area contributed by atoms with E-state index in [1.807, 2.05) is 30.5 Å². The van der Waals surface area contributed by atoms with Crippen LogP contribution in [-0.2, 0) is 0 Å². The highest BCUT2D eigenvalue weighted by molar-refractivity contribution is 5.78. The number of nitrogens with one attached hydrogen (secondary N) is 1. The molecule has 3 N–H and O–H groups in total. The minimum atomic E-state index is 0.295. The van der Waals surface area contributed by atoms with Gasteiger partial charge in [0.15, 0.2) is 0 Å². The van der Waals surface area contributed by atoms with Gasteiger partial charge in [0.25, 0.3) is 0 Å². The van der Waals surface area contributed by atoms with Crippen molar-refractivity contribution in [1.29, 1.82) is 0 Å². The van der Waals surface area contributed by atoms with E-state index in [2.05, 4.69) is 15.3 Å². The van der Waals surface area contributed by atoms with Crippen LogP contribution in [-0.4, -0.2) is 22.6 Å². The number of hydrogen-bond acceptors (Lipinski definition) is 4. The maximum Gasteiger partial charge on any atom is 0.223 e. The molecule has 1 aliphatic rings. The molecule has 1 atom stereocenters. The van der Waals surface area contributed by atoms with Gasteiger partial charge in [-0.3, -0.25) is 0 Å². The van der Waals surface area contributed by atoms with Crippen molar-refractivity contribution >= 4 is 16.9 Å². The summed E-state index contributed by atoms with van der Waals surface area (Å²) in [7, 11) is 0. The van der Waals surface area contributed by atoms with Gasteiger partial charge >= 0.3 is 0 Å². The van der Waals surface area contributed by atoms with Crippen molar-refractivity contribution in [2.45, 2.75) is 31.7 Å². The van der Waals surface area contributed by atoms with Crippen molar-refractivity contribution in [3.05, 3.63) is 30.5 Å². The monoisotopic (exact) mass is 256 g/mol. The third-order valence-electron chi connectivity index (χ3n) is 4.03. The topological polar surface area (TPSA) is 63.8 Å². The molecule has 0 amide bonds. The Balaban J connectivity index is 1.79. The van der Waals surface area contributed by atoms with Crippen molar-refractivity contribution in [2.24, 2.45) is 11.7 Å². The first-order valence-electron chi connectivity index (χ1n) is 7.05. The standard InChI is InChI=1S/C15H20N4/c16-9-14(11-5-1-2-6-11)19-15-17-10-12-7-3-4-8-13(12)18-15/h3-4,7-8,10-11,14H,1-2,5-6,9,16H2,(H,17,18,19). The van der Waals surface area contributed by atoms with E-state index in [4.69, 9.17) is 5.73 Å². The zero-order chi connectivity index (χ0) is 13.1. The summed E-state index contributed by atoms with van der Waals surface area (Å²) >= 11 is 0. The molecule has 1 aliphatic carbocycles. The Hall–Kier alpha value is -1.68. The van der Waals surface area contributed by atoms with E-state index in [1.165, 1.54) is 25.7 Å². The van der Waals surface area contributed by atoms with Gasteiger partial charge in [-0.1, -0.05) is 31.0 Å². The molecule has 1 aromatic carbocycles. The average molecular weight is 256 g/mol. The lowest BCUT2D eigenvalue weighted by atomic mass is 9.98. The van der Waals surface area contributed by atoms with Crippen LogP contribution in [0.4, 0.5) is 5.95 Å². The van der Waals surface area contributed by atoms with Crippen molar-refractivity contribution in [1.82, 2.24) is 9.97 Å². The highest BCUT2D eigenvalue weighted by atomic mass is 15.1. The van der Waals surface area contributed by atoms with E-state index in [0.717, 1.165) is 10.9 Å². The fourth-order valence-corrected chi connectivity index (χ4v) is 2.94. The number of para-hydroxylation sites is 1. The van der Waals surface area contributed by atoms with Crippen LogP contribution in [0.2, 0.25) is 0 Å². The summed E-state index contributed by atoms with van der Waals surface area (Å²) in [5, 5.41) is 4.48. The number of aromatic nitrogens is 2. The van der Waals surface area contributed by atoms with Gasteiger partial charge in [-0.15, -0.1) is 0 Å². The van der Waals surface area contributed by atoms with E-state index in [0.29, 0.717) is 24.5 Å². The zero-order valence-corrected chi connectivity index (χ0v) is 11.0. The highest BCUT2D eigenvalue weighted by Crippen LogP contribution is 2.28. The first kappa shape index (κ1) is 12.4. The Labute approximate surface area is 113 Å². The van der Waals surface area contributed by atoms with E-state index in [-0.39, 0.29) is 0 Å². The average Bonchev–Trinajstić information content (AvgIpc) is 2.98. The van der Waals surface area contributed by atoms with Crippen LogP contribution in [0, 0.1) is 5.92 Å². The number of benzene rings is 1. The molecule has 100 valence electrons. The van der Waals surface area contributed by atoms with Crippen molar-refractivity contribution in [3.63, 3.8) is 0 Å². The third kappa shape index (κ3) is 2.68. The molecule has 0 radical (unpaired) electrons. The quantitative estimate of drug-likeness (QED) is 0.882. The summed E-state index contributed by atoms with van der Waals surface area (Å²) in [5.41, 5.74) is 6.87. The zero-order valence-electron chi connectivity index (χ0n) is 11.0. The summed E-state index contributed by atoms with van der Waals surface area (Å²) in [4.78, 5) is 8.94. The molecule has 1 unspecified atom stereocenters. The first-order chi connectivity index (χ1) is 9.36. The van der Waals surface area contributed by atoms with Crippen LogP contribution in [0.25, 0.3) is 10.9 Å². The lowest BCUT2D eigenvalue weighted by Gasteiger charge is -2.23. The van der Waals surface area contributed by atoms with E-state index in [9.17, 15) is 0 Å². The van der Waals surface area contributed by atoms with Crippen molar-refractivity contribution in [3.8, 4) is 0 Å². The molecular weight excluding hydrogens is 236 g/mol. The van der Waals surface area contributed by atoms with Gasteiger partial charge in [0.2, 0.25) is 5.95 Å². The number of nitrogens with two attached hydrogens (primary N) is 1. The molecule has 1 fully saturated rings. The van der Waals surface area contributed by atoms with Gasteiger partial charge in [0.1, 0.15) is 0 Å². The maximum atomic E-state index is 5.90. The van der Waals surface area contributed by atoms with Crippen LogP contribution in [0.1, 0.15) is 25.7 Å². The molecular formula is C15H20N4. The van der Waals surface area contributed by atoms with Gasteiger partial charge in [-0.2, -0.15) is 0 Å². The number of fused-ring (bicyclic) bond motifs is 1. The Morgan fingerprint density at radius 1 is 1.26 bits per heavy atom. The second kappa shape index (κ2) is 5.53. The van der Waals surface area contributed by atoms with Crippen molar-refractivity contribution in [2.75, 3.05) is 11.9 Å². The van der Waals surface area contributed by atoms with Gasteiger partial charge < -0.3 is 11.1 Å². The lowest BCUT2D eigenvalue weighted by molar-refractivity contribution is 0.460. The predicted octanol–water partition coefficient (Wildman–Crippen LogP) is 2.56. The Morgan fingerprint density at radius 3 is 2.84 bits per heavy atom. The fraction of sp³-hybridized carbons (Fsp3) is 0.467. The lowest BCUT2D eigenvalue weighted by Crippen LogP contribution is -2.35. The van der Waals surface area contributed by atoms with Crippen molar-refractivity contribution < 1.29 is 0 Å². The highest BCUT2D eigenvalue weighted by Gasteiger charge is 2.24. The SMILES string of the molecule is NCC(Nc1ncc2ccccc2n1)C1CCCC1. The molecule has 1 heterocycles. The Kier molecular flexibility index (Phi) is 3.60. The largest absolute Gasteiger partial charge is 0.350 e. The molecule has 4 nitrogen and oxygen atoms in total. The number of rotatable bonds is 4. The normalized spacial score (nSPS) is 17.7. The summed E-state index contributed by atoms with van der Waals surface area (Å²) in [5.74, 6) is 1.36. The van der Waals surface area contributed by atoms with E-state index >= 15 is 0 Å². The molecule has 3 rings (SSSR count). The second-order valence-electron chi connectivity index (χ2n) is 5.28. The molecule has 19 heavy (non-hydrogen) atoms. The van der Waals surface area contributed by atoms with Gasteiger partial charge in [-0.05, 0) is 24.8 Å². The summed E-state index contributed by atoms with van der Waals surface area (Å²) < 4.78 is 0. The molecule has 1 aromatic heterocycles. The van der Waals surface area contributed by atoms with Crippen LogP contribution in [0.5, 0.6) is 0 Å². The predicted molar refractivity (Wildman–Crippen MR) is 78.0 cm³/mol. The summed E-state index contributed by atoms with van der Waals surface area (Å²) in [6.07, 6.45) is 7.04. The molecule has 0 saturated heterocycles. The van der Waals surface area contributed by atoms with Crippen LogP contribution >= 0.6 is 0 Å². The molecule has 2 aromatic rings. The Bertz CT molecular complexity index is 549. The van der Waals surface area contributed by atoms with E-state index < -0.39 is 0 Å². The molecule has 0 aliphatic heterocycles. The second-order valence-corrected chi connectivity index (χ2v) is 5.28. The minimum absolute atomic E-state index is 0.295. The van der Waals surface area contributed by atoms with Crippen LogP contribution in [0.3, 0.4) is 0 Å². The van der Waals surface area contributed by atoms with Crippen LogP contribution < -0.4 is 11.1 Å². The van der Waals surface area contributed by atoms with Gasteiger partial charge in [0.05, 0.1) is 5.52 Å². The van der Waals surface area contributed by atoms with Crippen LogP contribution in [0.15, 0.2) is 30.5 Å². The van der Waals surface area contributed by atoms with Gasteiger partial charge in [-0.25, -0.2) is 9.97 Å². The number of hydrogen-bond donors (Lipinski definition) is 2. The Morgan fingerprint density at radius 2 is 2.05 bits per heavy atom. The third-order valence-corrected chi connectivity index (χ3v) is 4.03. The molecule has 1 saturated carbocycles. The molecule has 4 heteroatoms. The minimum Gasteiger partial charge on any atom is -0.350 e. The molecule has 0 spiro atoms. The first-order valence-corrected chi connectivity index (χ1v) is 7.05. The molecule has 0 bridgehead atoms. The maximum absolute atomic E-state index is 5.90. The van der Waals surface area contributed by atoms with Gasteiger partial charge in [0, 0.05) is 24.2 Å². The van der Waals surface area contributed by atoms with E-state index in [1.54, 1.807) is 0 Å².